The Morgan fingerprint density at radius 1 is 0.957 bits per heavy atom. The van der Waals surface area contributed by atoms with Gasteiger partial charge < -0.3 is 15.4 Å². The number of fused-ring (bicyclic) bond motifs is 1. The van der Waals surface area contributed by atoms with Crippen LogP contribution in [0.1, 0.15) is 24.0 Å². The number of rotatable bonds is 3. The molecule has 0 unspecified atom stereocenters. The maximum atomic E-state index is 13.5. The van der Waals surface area contributed by atoms with E-state index in [-0.39, 0.29) is 11.6 Å². The van der Waals surface area contributed by atoms with Crippen molar-refractivity contribution in [2.75, 3.05) is 26.1 Å². The van der Waals surface area contributed by atoms with E-state index in [1.54, 1.807) is 12.1 Å². The lowest BCUT2D eigenvalue weighted by molar-refractivity contribution is 0.386. The quantitative estimate of drug-likeness (QED) is 0.928. The molecular weight excluding hydrogens is 291 g/mol. The van der Waals surface area contributed by atoms with E-state index in [0.717, 1.165) is 17.8 Å². The van der Waals surface area contributed by atoms with Gasteiger partial charge in [0.25, 0.3) is 0 Å². The maximum Gasteiger partial charge on any atom is 0.165 e. The summed E-state index contributed by atoms with van der Waals surface area (Å²) in [7, 11) is 4.98. The summed E-state index contributed by atoms with van der Waals surface area (Å²) in [4.78, 5) is 2.07. The molecule has 4 heteroatoms. The average Bonchev–Trinajstić information content (AvgIpc) is 2.63. The number of halogens is 1. The van der Waals surface area contributed by atoms with Crippen molar-refractivity contribution in [1.29, 1.82) is 0 Å². The number of nitrogens with two attached hydrogens (primary N) is 1. The van der Waals surface area contributed by atoms with Crippen molar-refractivity contribution >= 4 is 11.4 Å². The third-order valence-corrected chi connectivity index (χ3v) is 4.24. The minimum atomic E-state index is -0.333. The van der Waals surface area contributed by atoms with Crippen molar-refractivity contribution in [1.82, 2.24) is 0 Å². The highest BCUT2D eigenvalue weighted by Crippen LogP contribution is 2.31. The minimum Gasteiger partial charge on any atom is -0.494 e. The minimum absolute atomic E-state index is 0.275. The molecule has 0 saturated heterocycles. The first-order chi connectivity index (χ1) is 11.2. The van der Waals surface area contributed by atoms with Crippen LogP contribution in [0.2, 0.25) is 0 Å². The van der Waals surface area contributed by atoms with Crippen LogP contribution < -0.4 is 15.4 Å². The Labute approximate surface area is 137 Å². The number of hydrogen-bond donors (Lipinski definition) is 1. The van der Waals surface area contributed by atoms with Gasteiger partial charge in [-0.25, -0.2) is 4.39 Å². The molecular formula is C19H25FN2O. The van der Waals surface area contributed by atoms with Crippen LogP contribution in [-0.2, 0) is 12.8 Å². The Morgan fingerprint density at radius 2 is 1.57 bits per heavy atom. The first-order valence-corrected chi connectivity index (χ1v) is 7.96. The molecule has 3 rings (SSSR count). The van der Waals surface area contributed by atoms with Gasteiger partial charge in [0.05, 0.1) is 7.11 Å². The number of aryl methyl sites for hydroxylation is 2. The molecule has 0 bridgehead atoms. The zero-order valence-corrected chi connectivity index (χ0v) is 14.1. The Kier molecular flexibility index (Phi) is 5.99. The number of ether oxygens (including phenoxy) is 1. The number of benzene rings is 2. The van der Waals surface area contributed by atoms with E-state index in [1.165, 1.54) is 50.6 Å². The van der Waals surface area contributed by atoms with Crippen LogP contribution in [0.25, 0.3) is 0 Å². The smallest absolute Gasteiger partial charge is 0.165 e. The SMILES string of the molecule is CN.COc1cc(N(C)c2ccc3c(c2)CCCC3)ccc1F. The fraction of sp³-hybridized carbons (Fsp3) is 0.368. The van der Waals surface area contributed by atoms with Crippen molar-refractivity contribution in [3.05, 3.63) is 53.3 Å². The summed E-state index contributed by atoms with van der Waals surface area (Å²) in [5.74, 6) is -0.0580. The van der Waals surface area contributed by atoms with Gasteiger partial charge in [0.2, 0.25) is 0 Å². The molecule has 124 valence electrons. The summed E-state index contributed by atoms with van der Waals surface area (Å²) in [6.07, 6.45) is 4.90. The molecule has 3 nitrogen and oxygen atoms in total. The zero-order valence-electron chi connectivity index (χ0n) is 14.1. The number of hydrogen-bond acceptors (Lipinski definition) is 3. The fourth-order valence-electron chi connectivity index (χ4n) is 2.93. The molecule has 0 fully saturated rings. The van der Waals surface area contributed by atoms with Gasteiger partial charge in [0.15, 0.2) is 11.6 Å². The van der Waals surface area contributed by atoms with Crippen LogP contribution in [0.15, 0.2) is 36.4 Å². The summed E-state index contributed by atoms with van der Waals surface area (Å²) in [6, 6.07) is 11.6. The van der Waals surface area contributed by atoms with Gasteiger partial charge in [0, 0.05) is 24.5 Å². The molecule has 23 heavy (non-hydrogen) atoms. The number of anilines is 2. The van der Waals surface area contributed by atoms with Crippen LogP contribution in [0.4, 0.5) is 15.8 Å². The second-order valence-corrected chi connectivity index (χ2v) is 5.54. The highest BCUT2D eigenvalue weighted by molar-refractivity contribution is 5.65. The number of methoxy groups -OCH3 is 1. The van der Waals surface area contributed by atoms with Crippen molar-refractivity contribution in [2.45, 2.75) is 25.7 Å². The van der Waals surface area contributed by atoms with Gasteiger partial charge in [0.1, 0.15) is 0 Å². The third kappa shape index (κ3) is 3.82. The summed E-state index contributed by atoms with van der Waals surface area (Å²) >= 11 is 0. The van der Waals surface area contributed by atoms with Gasteiger partial charge in [-0.05, 0) is 68.1 Å². The van der Waals surface area contributed by atoms with E-state index in [2.05, 4.69) is 28.8 Å². The number of nitrogens with zero attached hydrogens (tertiary/aromatic N) is 1. The molecule has 1 aliphatic rings. The molecule has 0 heterocycles. The molecule has 0 radical (unpaired) electrons. The van der Waals surface area contributed by atoms with E-state index in [1.807, 2.05) is 7.05 Å². The highest BCUT2D eigenvalue weighted by atomic mass is 19.1. The van der Waals surface area contributed by atoms with E-state index >= 15 is 0 Å². The molecule has 0 atom stereocenters. The lowest BCUT2D eigenvalue weighted by atomic mass is 9.91. The largest absolute Gasteiger partial charge is 0.494 e. The molecule has 0 aromatic heterocycles. The molecule has 2 N–H and O–H groups in total. The molecule has 0 spiro atoms. The van der Waals surface area contributed by atoms with Crippen molar-refractivity contribution < 1.29 is 9.13 Å². The Hall–Kier alpha value is -2.07. The van der Waals surface area contributed by atoms with E-state index < -0.39 is 0 Å². The summed E-state index contributed by atoms with van der Waals surface area (Å²) < 4.78 is 18.6. The van der Waals surface area contributed by atoms with Gasteiger partial charge in [-0.2, -0.15) is 0 Å². The second-order valence-electron chi connectivity index (χ2n) is 5.54. The lowest BCUT2D eigenvalue weighted by Crippen LogP contribution is -2.11. The van der Waals surface area contributed by atoms with Gasteiger partial charge in [-0.3, -0.25) is 0 Å². The lowest BCUT2D eigenvalue weighted by Gasteiger charge is -2.23. The maximum absolute atomic E-state index is 13.5. The normalized spacial score (nSPS) is 12.7. The Morgan fingerprint density at radius 3 is 2.26 bits per heavy atom. The predicted molar refractivity (Wildman–Crippen MR) is 94.2 cm³/mol. The zero-order chi connectivity index (χ0) is 16.8. The Bertz CT molecular complexity index is 658. The fourth-order valence-corrected chi connectivity index (χ4v) is 2.93. The van der Waals surface area contributed by atoms with Crippen LogP contribution in [0, 0.1) is 5.82 Å². The third-order valence-electron chi connectivity index (χ3n) is 4.24. The van der Waals surface area contributed by atoms with Crippen molar-refractivity contribution in [3.63, 3.8) is 0 Å². The first kappa shape index (κ1) is 17.3. The van der Waals surface area contributed by atoms with Crippen molar-refractivity contribution in [2.24, 2.45) is 5.73 Å². The Balaban J connectivity index is 0.000000924. The monoisotopic (exact) mass is 316 g/mol. The van der Waals surface area contributed by atoms with Crippen LogP contribution in [0.5, 0.6) is 5.75 Å². The van der Waals surface area contributed by atoms with Gasteiger partial charge in [-0.15, -0.1) is 0 Å². The molecule has 2 aromatic carbocycles. The van der Waals surface area contributed by atoms with Gasteiger partial charge in [-0.1, -0.05) is 6.07 Å². The summed E-state index contributed by atoms with van der Waals surface area (Å²) in [5, 5.41) is 0. The van der Waals surface area contributed by atoms with E-state index in [0.29, 0.717) is 0 Å². The average molecular weight is 316 g/mol. The molecule has 0 amide bonds. The van der Waals surface area contributed by atoms with E-state index in [4.69, 9.17) is 4.74 Å². The molecule has 2 aromatic rings. The van der Waals surface area contributed by atoms with Crippen LogP contribution in [0.3, 0.4) is 0 Å². The van der Waals surface area contributed by atoms with Crippen molar-refractivity contribution in [3.8, 4) is 5.75 Å². The summed E-state index contributed by atoms with van der Waals surface area (Å²) in [6.45, 7) is 0. The highest BCUT2D eigenvalue weighted by Gasteiger charge is 2.13. The molecule has 0 aliphatic heterocycles. The predicted octanol–water partition coefficient (Wildman–Crippen LogP) is 4.06. The second kappa shape index (κ2) is 7.97. The van der Waals surface area contributed by atoms with Gasteiger partial charge >= 0.3 is 0 Å². The molecule has 1 aliphatic carbocycles. The van der Waals surface area contributed by atoms with E-state index in [9.17, 15) is 4.39 Å². The molecule has 0 saturated carbocycles. The first-order valence-electron chi connectivity index (χ1n) is 7.96. The standard InChI is InChI=1S/C18H20FNO.CH5N/c1-20(16-9-10-17(19)18(12-16)21-2)15-8-7-13-5-3-4-6-14(13)11-15;1-2/h7-12H,3-6H2,1-2H3;2H2,1H3. The topological polar surface area (TPSA) is 38.5 Å². The van der Waals surface area contributed by atoms with Crippen LogP contribution in [-0.4, -0.2) is 21.2 Å². The van der Waals surface area contributed by atoms with Crippen LogP contribution >= 0.6 is 0 Å². The summed E-state index contributed by atoms with van der Waals surface area (Å²) in [5.41, 5.74) is 9.46.